The number of hydrogen-bond acceptors (Lipinski definition) is 4. The molecule has 0 aliphatic heterocycles. The van der Waals surface area contributed by atoms with Crippen molar-refractivity contribution in [1.29, 1.82) is 5.26 Å². The van der Waals surface area contributed by atoms with E-state index in [2.05, 4.69) is 21.6 Å². The van der Waals surface area contributed by atoms with E-state index in [4.69, 9.17) is 0 Å². The summed E-state index contributed by atoms with van der Waals surface area (Å²) in [5.41, 5.74) is -0.263. The quantitative estimate of drug-likeness (QED) is 0.805. The standard InChI is InChI=1S/C13H16N4O/c14-10-13(6-3-1-2-4-7-13)17-12(18)11-5-8-15-16-9-11/h5,8-9H,1-4,6-7H2,(H,17,18). The van der Waals surface area contributed by atoms with E-state index in [0.717, 1.165) is 38.5 Å². The van der Waals surface area contributed by atoms with Gasteiger partial charge in [-0.05, 0) is 18.9 Å². The van der Waals surface area contributed by atoms with Crippen LogP contribution in [0.2, 0.25) is 0 Å². The zero-order chi connectivity index (χ0) is 12.8. The van der Waals surface area contributed by atoms with Crippen LogP contribution in [0.3, 0.4) is 0 Å². The van der Waals surface area contributed by atoms with Crippen molar-refractivity contribution < 1.29 is 4.79 Å². The molecule has 1 aliphatic rings. The van der Waals surface area contributed by atoms with Crippen molar-refractivity contribution in [1.82, 2.24) is 15.5 Å². The molecular formula is C13H16N4O. The molecule has 94 valence electrons. The Labute approximate surface area is 106 Å². The number of rotatable bonds is 2. The number of carbonyl (C=O) groups excluding carboxylic acids is 1. The first-order valence-corrected chi connectivity index (χ1v) is 6.26. The Bertz CT molecular complexity index is 444. The predicted octanol–water partition coefficient (Wildman–Crippen LogP) is 1.82. The van der Waals surface area contributed by atoms with Gasteiger partial charge in [0.05, 0.1) is 24.0 Å². The van der Waals surface area contributed by atoms with Crippen molar-refractivity contribution in [3.05, 3.63) is 24.0 Å². The molecule has 0 unspecified atom stereocenters. The largest absolute Gasteiger partial charge is 0.334 e. The average Bonchev–Trinajstić information content (AvgIpc) is 2.66. The Morgan fingerprint density at radius 3 is 2.56 bits per heavy atom. The first-order valence-electron chi connectivity index (χ1n) is 6.26. The summed E-state index contributed by atoms with van der Waals surface area (Å²) in [7, 11) is 0. The fourth-order valence-electron chi connectivity index (χ4n) is 2.31. The zero-order valence-electron chi connectivity index (χ0n) is 10.2. The molecule has 1 amide bonds. The average molecular weight is 244 g/mol. The summed E-state index contributed by atoms with van der Waals surface area (Å²) >= 11 is 0. The molecule has 0 spiro atoms. The minimum Gasteiger partial charge on any atom is -0.334 e. The van der Waals surface area contributed by atoms with Crippen LogP contribution >= 0.6 is 0 Å². The summed E-state index contributed by atoms with van der Waals surface area (Å²) < 4.78 is 0. The normalized spacial score (nSPS) is 18.4. The highest BCUT2D eigenvalue weighted by Gasteiger charge is 2.32. The third-order valence-electron chi connectivity index (χ3n) is 3.37. The van der Waals surface area contributed by atoms with Gasteiger partial charge in [-0.1, -0.05) is 25.7 Å². The topological polar surface area (TPSA) is 78.7 Å². The lowest BCUT2D eigenvalue weighted by atomic mass is 9.91. The van der Waals surface area contributed by atoms with Crippen LogP contribution in [0.4, 0.5) is 0 Å². The highest BCUT2D eigenvalue weighted by atomic mass is 16.1. The number of nitriles is 1. The third kappa shape index (κ3) is 2.83. The molecule has 0 aromatic carbocycles. The van der Waals surface area contributed by atoms with Crippen molar-refractivity contribution in [3.63, 3.8) is 0 Å². The van der Waals surface area contributed by atoms with Crippen molar-refractivity contribution in [2.45, 2.75) is 44.1 Å². The summed E-state index contributed by atoms with van der Waals surface area (Å²) in [6.07, 6.45) is 8.59. The van der Waals surface area contributed by atoms with Gasteiger partial charge >= 0.3 is 0 Å². The summed E-state index contributed by atoms with van der Waals surface area (Å²) in [4.78, 5) is 12.1. The second-order valence-corrected chi connectivity index (χ2v) is 4.69. The first-order chi connectivity index (χ1) is 8.76. The van der Waals surface area contributed by atoms with E-state index in [-0.39, 0.29) is 5.91 Å². The Morgan fingerprint density at radius 1 is 1.28 bits per heavy atom. The van der Waals surface area contributed by atoms with Gasteiger partial charge in [0.25, 0.3) is 5.91 Å². The Morgan fingerprint density at radius 2 is 2.00 bits per heavy atom. The minimum atomic E-state index is -0.711. The second kappa shape index (κ2) is 5.58. The van der Waals surface area contributed by atoms with E-state index in [1.807, 2.05) is 0 Å². The van der Waals surface area contributed by atoms with Gasteiger partial charge in [0, 0.05) is 0 Å². The van der Waals surface area contributed by atoms with Crippen LogP contribution in [0.1, 0.15) is 48.9 Å². The fraction of sp³-hybridized carbons (Fsp3) is 0.538. The summed E-state index contributed by atoms with van der Waals surface area (Å²) in [5.74, 6) is -0.242. The van der Waals surface area contributed by atoms with Gasteiger partial charge in [0.2, 0.25) is 0 Å². The van der Waals surface area contributed by atoms with E-state index in [0.29, 0.717) is 5.56 Å². The SMILES string of the molecule is N#CC1(NC(=O)c2ccnnc2)CCCCCC1. The Kier molecular flexibility index (Phi) is 3.88. The molecule has 5 nitrogen and oxygen atoms in total. The van der Waals surface area contributed by atoms with Gasteiger partial charge in [0.1, 0.15) is 5.54 Å². The maximum Gasteiger partial charge on any atom is 0.254 e. The van der Waals surface area contributed by atoms with Crippen molar-refractivity contribution >= 4 is 5.91 Å². The van der Waals surface area contributed by atoms with Crippen LogP contribution in [0.5, 0.6) is 0 Å². The highest BCUT2D eigenvalue weighted by molar-refractivity contribution is 5.94. The molecule has 0 bridgehead atoms. The molecule has 0 radical (unpaired) electrons. The van der Waals surface area contributed by atoms with E-state index in [1.165, 1.54) is 12.4 Å². The van der Waals surface area contributed by atoms with E-state index in [9.17, 15) is 10.1 Å². The summed E-state index contributed by atoms with van der Waals surface area (Å²) in [5, 5.41) is 19.5. The molecule has 1 heterocycles. The number of aromatic nitrogens is 2. The van der Waals surface area contributed by atoms with E-state index >= 15 is 0 Å². The van der Waals surface area contributed by atoms with Crippen LogP contribution in [0.25, 0.3) is 0 Å². The van der Waals surface area contributed by atoms with Crippen LogP contribution < -0.4 is 5.32 Å². The lowest BCUT2D eigenvalue weighted by molar-refractivity contribution is 0.0912. The van der Waals surface area contributed by atoms with Crippen LogP contribution in [-0.2, 0) is 0 Å². The van der Waals surface area contributed by atoms with Crippen molar-refractivity contribution in [2.75, 3.05) is 0 Å². The van der Waals surface area contributed by atoms with E-state index in [1.54, 1.807) is 6.07 Å². The molecule has 0 saturated heterocycles. The molecule has 1 aliphatic carbocycles. The number of hydrogen-bond donors (Lipinski definition) is 1. The van der Waals surface area contributed by atoms with Gasteiger partial charge in [-0.15, -0.1) is 0 Å². The van der Waals surface area contributed by atoms with Crippen molar-refractivity contribution in [3.8, 4) is 6.07 Å². The van der Waals surface area contributed by atoms with Gasteiger partial charge < -0.3 is 5.32 Å². The predicted molar refractivity (Wildman–Crippen MR) is 65.5 cm³/mol. The minimum absolute atomic E-state index is 0.242. The summed E-state index contributed by atoms with van der Waals surface area (Å²) in [6, 6.07) is 3.89. The van der Waals surface area contributed by atoms with E-state index < -0.39 is 5.54 Å². The molecule has 1 fully saturated rings. The smallest absolute Gasteiger partial charge is 0.254 e. The second-order valence-electron chi connectivity index (χ2n) is 4.69. The zero-order valence-corrected chi connectivity index (χ0v) is 10.2. The molecule has 0 atom stereocenters. The third-order valence-corrected chi connectivity index (χ3v) is 3.37. The van der Waals surface area contributed by atoms with Crippen LogP contribution in [0.15, 0.2) is 18.5 Å². The fourth-order valence-corrected chi connectivity index (χ4v) is 2.31. The number of nitrogens with one attached hydrogen (secondary N) is 1. The molecule has 1 N–H and O–H groups in total. The van der Waals surface area contributed by atoms with Gasteiger partial charge in [-0.3, -0.25) is 4.79 Å². The van der Waals surface area contributed by atoms with Gasteiger partial charge in [-0.2, -0.15) is 15.5 Å². The monoisotopic (exact) mass is 244 g/mol. The number of amides is 1. The number of nitrogens with zero attached hydrogens (tertiary/aromatic N) is 3. The van der Waals surface area contributed by atoms with Gasteiger partial charge in [0.15, 0.2) is 0 Å². The lowest BCUT2D eigenvalue weighted by Gasteiger charge is -2.26. The molecule has 1 aromatic rings. The summed E-state index contributed by atoms with van der Waals surface area (Å²) in [6.45, 7) is 0. The molecule has 1 saturated carbocycles. The lowest BCUT2D eigenvalue weighted by Crippen LogP contribution is -2.47. The molecule has 18 heavy (non-hydrogen) atoms. The van der Waals surface area contributed by atoms with Gasteiger partial charge in [-0.25, -0.2) is 0 Å². The highest BCUT2D eigenvalue weighted by Crippen LogP contribution is 2.26. The first kappa shape index (κ1) is 12.5. The van der Waals surface area contributed by atoms with Crippen LogP contribution in [-0.4, -0.2) is 21.6 Å². The number of carbonyl (C=O) groups is 1. The maximum atomic E-state index is 12.1. The molecule has 1 aromatic heterocycles. The molecule has 2 rings (SSSR count). The van der Waals surface area contributed by atoms with Crippen molar-refractivity contribution in [2.24, 2.45) is 0 Å². The molecule has 5 heteroatoms. The Hall–Kier alpha value is -1.96. The molecular weight excluding hydrogens is 228 g/mol. The Balaban J connectivity index is 2.11. The van der Waals surface area contributed by atoms with Crippen LogP contribution in [0, 0.1) is 11.3 Å². The maximum absolute atomic E-state index is 12.1.